The number of anilines is 1. The maximum Gasteiger partial charge on any atom is 0.360 e. The van der Waals surface area contributed by atoms with Gasteiger partial charge in [0.2, 0.25) is 5.91 Å². The van der Waals surface area contributed by atoms with Crippen LogP contribution in [0.1, 0.15) is 23.3 Å². The summed E-state index contributed by atoms with van der Waals surface area (Å²) >= 11 is 5.72. The number of rotatable bonds is 4. The van der Waals surface area contributed by atoms with Gasteiger partial charge in [-0.05, 0) is 6.08 Å². The average molecular weight is 344 g/mol. The lowest BCUT2D eigenvalue weighted by molar-refractivity contribution is -0.115. The molecule has 1 unspecified atom stereocenters. The lowest BCUT2D eigenvalue weighted by atomic mass is 10.0. The minimum Gasteiger partial charge on any atom is -0.464 e. The summed E-state index contributed by atoms with van der Waals surface area (Å²) < 4.78 is 31.7. The van der Waals surface area contributed by atoms with Crippen molar-refractivity contribution in [3.63, 3.8) is 0 Å². The first-order valence-electron chi connectivity index (χ1n) is 6.51. The highest BCUT2D eigenvalue weighted by Gasteiger charge is 2.25. The van der Waals surface area contributed by atoms with Crippen molar-refractivity contribution < 1.29 is 23.1 Å². The van der Waals surface area contributed by atoms with Crippen LogP contribution in [0.25, 0.3) is 0 Å². The molecule has 0 aromatic carbocycles. The van der Waals surface area contributed by atoms with Gasteiger partial charge in [-0.25, -0.2) is 23.5 Å². The molecule has 2 rings (SSSR count). The van der Waals surface area contributed by atoms with E-state index in [1.165, 1.54) is 12.4 Å². The molecule has 0 saturated carbocycles. The first-order valence-corrected chi connectivity index (χ1v) is 6.89. The van der Waals surface area contributed by atoms with Crippen molar-refractivity contribution in [2.24, 2.45) is 0 Å². The Morgan fingerprint density at radius 2 is 2.13 bits per heavy atom. The highest BCUT2D eigenvalue weighted by molar-refractivity contribution is 6.31. The fourth-order valence-corrected chi connectivity index (χ4v) is 2.16. The first kappa shape index (κ1) is 17.0. The number of allylic oxidation sites excluding steroid dienone is 3. The summed E-state index contributed by atoms with van der Waals surface area (Å²) in [6.07, 6.45) is 1.32. The number of halogens is 3. The molecule has 1 N–H and O–H groups in total. The van der Waals surface area contributed by atoms with Gasteiger partial charge in [0.25, 0.3) is 0 Å². The molecule has 0 aliphatic heterocycles. The normalized spacial score (nSPS) is 17.6. The molecule has 122 valence electrons. The number of esters is 1. The Hall–Kier alpha value is -2.35. The second kappa shape index (κ2) is 7.28. The smallest absolute Gasteiger partial charge is 0.360 e. The third-order valence-corrected chi connectivity index (χ3v) is 3.49. The minimum atomic E-state index is -1.54. The SMILES string of the molecule is COC(=O)c1nccnc1NC(=O)CC1=C(Cl)C(F)CC=C1F. The van der Waals surface area contributed by atoms with Crippen molar-refractivity contribution in [2.45, 2.75) is 19.0 Å². The summed E-state index contributed by atoms with van der Waals surface area (Å²) in [7, 11) is 1.15. The zero-order valence-electron chi connectivity index (χ0n) is 12.0. The maximum absolute atomic E-state index is 13.7. The summed E-state index contributed by atoms with van der Waals surface area (Å²) in [4.78, 5) is 31.1. The van der Waals surface area contributed by atoms with E-state index in [2.05, 4.69) is 20.0 Å². The Balaban J connectivity index is 2.16. The average Bonchev–Trinajstić information content (AvgIpc) is 2.55. The van der Waals surface area contributed by atoms with E-state index >= 15 is 0 Å². The second-order valence-electron chi connectivity index (χ2n) is 4.55. The van der Waals surface area contributed by atoms with E-state index in [0.29, 0.717) is 0 Å². The Kier molecular flexibility index (Phi) is 5.38. The van der Waals surface area contributed by atoms with Gasteiger partial charge >= 0.3 is 5.97 Å². The number of hydrogen-bond donors (Lipinski definition) is 1. The molecule has 23 heavy (non-hydrogen) atoms. The molecule has 1 atom stereocenters. The lowest BCUT2D eigenvalue weighted by Crippen LogP contribution is -2.19. The van der Waals surface area contributed by atoms with Gasteiger partial charge in [0, 0.05) is 24.4 Å². The van der Waals surface area contributed by atoms with E-state index in [-0.39, 0.29) is 28.5 Å². The van der Waals surface area contributed by atoms with Crippen LogP contribution in [0.3, 0.4) is 0 Å². The van der Waals surface area contributed by atoms with Crippen LogP contribution < -0.4 is 5.32 Å². The van der Waals surface area contributed by atoms with Crippen molar-refractivity contribution in [1.82, 2.24) is 9.97 Å². The van der Waals surface area contributed by atoms with E-state index in [4.69, 9.17) is 11.6 Å². The molecule has 1 amide bonds. The fraction of sp³-hybridized carbons (Fsp3) is 0.286. The molecule has 1 heterocycles. The number of aromatic nitrogens is 2. The van der Waals surface area contributed by atoms with Crippen molar-refractivity contribution >= 4 is 29.3 Å². The van der Waals surface area contributed by atoms with Crippen LogP contribution in [0.4, 0.5) is 14.6 Å². The highest BCUT2D eigenvalue weighted by atomic mass is 35.5. The molecule has 1 aromatic rings. The van der Waals surface area contributed by atoms with Gasteiger partial charge in [-0.2, -0.15) is 0 Å². The number of nitrogens with one attached hydrogen (secondary N) is 1. The van der Waals surface area contributed by atoms with Crippen LogP contribution in [0.5, 0.6) is 0 Å². The van der Waals surface area contributed by atoms with E-state index in [0.717, 1.165) is 13.2 Å². The Labute approximate surface area is 135 Å². The molecule has 0 fully saturated rings. The Bertz CT molecular complexity index is 706. The molecule has 0 saturated heterocycles. The number of carbonyl (C=O) groups excluding carboxylic acids is 2. The fourth-order valence-electron chi connectivity index (χ4n) is 1.92. The number of hydrogen-bond acceptors (Lipinski definition) is 5. The standard InChI is InChI=1S/C14H12ClF2N3O3/c1-23-14(22)12-13(19-5-4-18-12)20-10(21)6-7-8(16)2-3-9(17)11(7)15/h2,4-5,9H,3,6H2,1H3,(H,19,20,21). The monoisotopic (exact) mass is 343 g/mol. The third kappa shape index (κ3) is 3.89. The minimum absolute atomic E-state index is 0.141. The summed E-state index contributed by atoms with van der Waals surface area (Å²) in [6.45, 7) is 0. The van der Waals surface area contributed by atoms with Crippen molar-refractivity contribution in [1.29, 1.82) is 0 Å². The Morgan fingerprint density at radius 1 is 1.43 bits per heavy atom. The van der Waals surface area contributed by atoms with Crippen LogP contribution in [0.15, 0.2) is 34.9 Å². The van der Waals surface area contributed by atoms with Gasteiger partial charge in [-0.1, -0.05) is 11.6 Å². The summed E-state index contributed by atoms with van der Waals surface area (Å²) in [6, 6.07) is 0. The molecular formula is C14H12ClF2N3O3. The van der Waals surface area contributed by atoms with Crippen molar-refractivity contribution in [3.05, 3.63) is 40.6 Å². The number of carbonyl (C=O) groups is 2. The van der Waals surface area contributed by atoms with Crippen LogP contribution in [0, 0.1) is 0 Å². The predicted octanol–water partition coefficient (Wildman–Crippen LogP) is 2.68. The number of ether oxygens (including phenoxy) is 1. The Morgan fingerprint density at radius 3 is 2.83 bits per heavy atom. The van der Waals surface area contributed by atoms with Crippen LogP contribution in [-0.2, 0) is 9.53 Å². The van der Waals surface area contributed by atoms with Crippen LogP contribution in [-0.4, -0.2) is 35.1 Å². The number of alkyl halides is 1. The molecule has 1 aliphatic carbocycles. The molecule has 0 radical (unpaired) electrons. The lowest BCUT2D eigenvalue weighted by Gasteiger charge is -2.16. The predicted molar refractivity (Wildman–Crippen MR) is 78.2 cm³/mol. The van der Waals surface area contributed by atoms with Crippen LogP contribution in [0.2, 0.25) is 0 Å². The quantitative estimate of drug-likeness (QED) is 0.850. The maximum atomic E-state index is 13.7. The van der Waals surface area contributed by atoms with E-state index in [1.54, 1.807) is 0 Å². The van der Waals surface area contributed by atoms with Crippen molar-refractivity contribution in [2.75, 3.05) is 12.4 Å². The zero-order chi connectivity index (χ0) is 17.0. The summed E-state index contributed by atoms with van der Waals surface area (Å²) in [5.74, 6) is -2.40. The number of nitrogens with zero attached hydrogens (tertiary/aromatic N) is 2. The number of amides is 1. The van der Waals surface area contributed by atoms with Crippen LogP contribution >= 0.6 is 11.6 Å². The molecule has 9 heteroatoms. The van der Waals surface area contributed by atoms with Gasteiger partial charge in [0.15, 0.2) is 11.5 Å². The summed E-state index contributed by atoms with van der Waals surface area (Å²) in [5.41, 5.74) is -0.433. The molecule has 1 aromatic heterocycles. The van der Waals surface area contributed by atoms with Gasteiger partial charge in [-0.15, -0.1) is 0 Å². The molecule has 0 spiro atoms. The molecule has 6 nitrogen and oxygen atoms in total. The molecule has 0 bridgehead atoms. The highest BCUT2D eigenvalue weighted by Crippen LogP contribution is 2.33. The topological polar surface area (TPSA) is 81.2 Å². The molecule has 1 aliphatic rings. The van der Waals surface area contributed by atoms with E-state index in [9.17, 15) is 18.4 Å². The second-order valence-corrected chi connectivity index (χ2v) is 4.96. The van der Waals surface area contributed by atoms with E-state index < -0.39 is 30.3 Å². The third-order valence-electron chi connectivity index (χ3n) is 3.03. The summed E-state index contributed by atoms with van der Waals surface area (Å²) in [5, 5.41) is 1.97. The van der Waals surface area contributed by atoms with Gasteiger partial charge in [-0.3, -0.25) is 4.79 Å². The van der Waals surface area contributed by atoms with Gasteiger partial charge in [0.1, 0.15) is 12.0 Å². The largest absolute Gasteiger partial charge is 0.464 e. The number of methoxy groups -OCH3 is 1. The zero-order valence-corrected chi connectivity index (χ0v) is 12.7. The van der Waals surface area contributed by atoms with Gasteiger partial charge in [0.05, 0.1) is 18.6 Å². The van der Waals surface area contributed by atoms with Crippen molar-refractivity contribution in [3.8, 4) is 0 Å². The molecular weight excluding hydrogens is 332 g/mol. The van der Waals surface area contributed by atoms with E-state index in [1.807, 2.05) is 0 Å². The first-order chi connectivity index (χ1) is 10.9. The van der Waals surface area contributed by atoms with Gasteiger partial charge < -0.3 is 10.1 Å².